The number of hydrogen-bond donors (Lipinski definition) is 1. The maximum atomic E-state index is 5.44. The highest BCUT2D eigenvalue weighted by molar-refractivity contribution is 9.10. The standard InChI is InChI=1S/C15H19BrN4S/c1-3-20-14(13(16)10-18-20)11-19(2)15(21)17-9-12-7-5-4-6-8-12/h4-8,10H,3,9,11H2,1-2H3,(H,17,21). The molecule has 0 spiro atoms. The molecule has 1 aromatic heterocycles. The van der Waals surface area contributed by atoms with E-state index in [4.69, 9.17) is 12.2 Å². The zero-order chi connectivity index (χ0) is 15.2. The van der Waals surface area contributed by atoms with Crippen molar-refractivity contribution < 1.29 is 0 Å². The molecule has 0 fully saturated rings. The van der Waals surface area contributed by atoms with Crippen molar-refractivity contribution in [2.24, 2.45) is 0 Å². The van der Waals surface area contributed by atoms with Gasteiger partial charge < -0.3 is 10.2 Å². The van der Waals surface area contributed by atoms with Crippen molar-refractivity contribution in [3.05, 3.63) is 52.3 Å². The first-order valence-corrected chi connectivity index (χ1v) is 8.05. The molecule has 1 N–H and O–H groups in total. The van der Waals surface area contributed by atoms with E-state index in [-0.39, 0.29) is 0 Å². The van der Waals surface area contributed by atoms with E-state index in [2.05, 4.69) is 45.4 Å². The van der Waals surface area contributed by atoms with Crippen LogP contribution < -0.4 is 5.32 Å². The van der Waals surface area contributed by atoms with Crippen LogP contribution in [-0.2, 0) is 19.6 Å². The lowest BCUT2D eigenvalue weighted by Crippen LogP contribution is -2.36. The van der Waals surface area contributed by atoms with Crippen molar-refractivity contribution in [1.82, 2.24) is 20.0 Å². The largest absolute Gasteiger partial charge is 0.358 e. The fraction of sp³-hybridized carbons (Fsp3) is 0.333. The van der Waals surface area contributed by atoms with Crippen LogP contribution in [0, 0.1) is 0 Å². The van der Waals surface area contributed by atoms with E-state index in [0.717, 1.165) is 34.9 Å². The third-order valence-corrected chi connectivity index (χ3v) is 4.34. The molecular weight excluding hydrogens is 348 g/mol. The average molecular weight is 367 g/mol. The number of nitrogens with one attached hydrogen (secondary N) is 1. The van der Waals surface area contributed by atoms with E-state index in [9.17, 15) is 0 Å². The molecule has 2 aromatic rings. The van der Waals surface area contributed by atoms with E-state index >= 15 is 0 Å². The Morgan fingerprint density at radius 2 is 2.10 bits per heavy atom. The van der Waals surface area contributed by atoms with Gasteiger partial charge in [-0.1, -0.05) is 30.3 Å². The molecule has 1 heterocycles. The Balaban J connectivity index is 1.92. The third-order valence-electron chi connectivity index (χ3n) is 3.22. The predicted octanol–water partition coefficient (Wildman–Crippen LogP) is 3.17. The van der Waals surface area contributed by atoms with Gasteiger partial charge >= 0.3 is 0 Å². The van der Waals surface area contributed by atoms with Crippen LogP contribution in [0.3, 0.4) is 0 Å². The molecule has 0 aliphatic heterocycles. The molecule has 0 atom stereocenters. The summed E-state index contributed by atoms with van der Waals surface area (Å²) in [6.45, 7) is 4.38. The Hall–Kier alpha value is -1.40. The molecule has 1 aromatic carbocycles. The van der Waals surface area contributed by atoms with E-state index in [0.29, 0.717) is 0 Å². The van der Waals surface area contributed by atoms with Crippen molar-refractivity contribution in [2.45, 2.75) is 26.6 Å². The lowest BCUT2D eigenvalue weighted by atomic mass is 10.2. The topological polar surface area (TPSA) is 33.1 Å². The minimum Gasteiger partial charge on any atom is -0.358 e. The SMILES string of the molecule is CCn1ncc(Br)c1CN(C)C(=S)NCc1ccccc1. The zero-order valence-electron chi connectivity index (χ0n) is 12.2. The van der Waals surface area contributed by atoms with E-state index in [1.807, 2.05) is 41.0 Å². The lowest BCUT2D eigenvalue weighted by molar-refractivity contribution is 0.456. The molecule has 0 bridgehead atoms. The van der Waals surface area contributed by atoms with Gasteiger partial charge in [-0.25, -0.2) is 0 Å². The molecule has 0 aliphatic carbocycles. The van der Waals surface area contributed by atoms with Crippen LogP contribution in [-0.4, -0.2) is 26.8 Å². The summed E-state index contributed by atoms with van der Waals surface area (Å²) in [7, 11) is 1.99. The second-order valence-electron chi connectivity index (χ2n) is 4.76. The maximum absolute atomic E-state index is 5.44. The number of benzene rings is 1. The Morgan fingerprint density at radius 3 is 2.76 bits per heavy atom. The van der Waals surface area contributed by atoms with Crippen molar-refractivity contribution in [3.8, 4) is 0 Å². The van der Waals surface area contributed by atoms with Gasteiger partial charge in [0.2, 0.25) is 0 Å². The fourth-order valence-electron chi connectivity index (χ4n) is 2.02. The van der Waals surface area contributed by atoms with Gasteiger partial charge in [-0.15, -0.1) is 0 Å². The lowest BCUT2D eigenvalue weighted by Gasteiger charge is -2.21. The number of rotatable bonds is 5. The highest BCUT2D eigenvalue weighted by Crippen LogP contribution is 2.17. The van der Waals surface area contributed by atoms with Gasteiger partial charge in [0.05, 0.1) is 22.9 Å². The Kier molecular flexibility index (Phi) is 5.76. The molecule has 0 aliphatic rings. The second kappa shape index (κ2) is 7.56. The fourth-order valence-corrected chi connectivity index (χ4v) is 2.58. The Labute approximate surface area is 139 Å². The summed E-state index contributed by atoms with van der Waals surface area (Å²) in [6.07, 6.45) is 1.83. The molecule has 21 heavy (non-hydrogen) atoms. The van der Waals surface area contributed by atoms with Crippen molar-refractivity contribution >= 4 is 33.3 Å². The monoisotopic (exact) mass is 366 g/mol. The van der Waals surface area contributed by atoms with Crippen molar-refractivity contribution in [3.63, 3.8) is 0 Å². The number of nitrogens with zero attached hydrogens (tertiary/aromatic N) is 3. The molecule has 4 nitrogen and oxygen atoms in total. The average Bonchev–Trinajstić information content (AvgIpc) is 2.86. The van der Waals surface area contributed by atoms with Crippen LogP contribution in [0.5, 0.6) is 0 Å². The number of thiocarbonyl (C=S) groups is 1. The van der Waals surface area contributed by atoms with Gasteiger partial charge in [-0.05, 0) is 40.6 Å². The summed E-state index contributed by atoms with van der Waals surface area (Å²) >= 11 is 8.98. The first kappa shape index (κ1) is 16.0. The van der Waals surface area contributed by atoms with Crippen LogP contribution in [0.2, 0.25) is 0 Å². The molecular formula is C15H19BrN4S. The van der Waals surface area contributed by atoms with Crippen LogP contribution in [0.25, 0.3) is 0 Å². The second-order valence-corrected chi connectivity index (χ2v) is 6.00. The molecule has 0 unspecified atom stereocenters. The first-order chi connectivity index (χ1) is 10.1. The van der Waals surface area contributed by atoms with E-state index in [1.54, 1.807) is 0 Å². The number of aryl methyl sites for hydroxylation is 1. The molecule has 6 heteroatoms. The number of halogens is 1. The molecule has 0 saturated heterocycles. The highest BCUT2D eigenvalue weighted by atomic mass is 79.9. The first-order valence-electron chi connectivity index (χ1n) is 6.85. The summed E-state index contributed by atoms with van der Waals surface area (Å²) < 4.78 is 2.99. The van der Waals surface area contributed by atoms with Gasteiger partial charge in [0.1, 0.15) is 0 Å². The maximum Gasteiger partial charge on any atom is 0.169 e. The normalized spacial score (nSPS) is 10.4. The van der Waals surface area contributed by atoms with Gasteiger partial charge in [-0.2, -0.15) is 5.10 Å². The summed E-state index contributed by atoms with van der Waals surface area (Å²) in [5, 5.41) is 8.33. The highest BCUT2D eigenvalue weighted by Gasteiger charge is 2.12. The summed E-state index contributed by atoms with van der Waals surface area (Å²) in [6, 6.07) is 10.2. The molecule has 2 rings (SSSR count). The number of aromatic nitrogens is 2. The molecule has 0 amide bonds. The predicted molar refractivity (Wildman–Crippen MR) is 92.9 cm³/mol. The van der Waals surface area contributed by atoms with E-state index in [1.165, 1.54) is 5.56 Å². The quantitative estimate of drug-likeness (QED) is 0.823. The van der Waals surface area contributed by atoms with Gasteiger partial charge in [-0.3, -0.25) is 4.68 Å². The Morgan fingerprint density at radius 1 is 1.38 bits per heavy atom. The third kappa shape index (κ3) is 4.28. The van der Waals surface area contributed by atoms with Gasteiger partial charge in [0.25, 0.3) is 0 Å². The molecule has 112 valence electrons. The van der Waals surface area contributed by atoms with Crippen LogP contribution in [0.4, 0.5) is 0 Å². The Bertz CT molecular complexity index is 597. The molecule has 0 saturated carbocycles. The minimum absolute atomic E-state index is 0.717. The van der Waals surface area contributed by atoms with Gasteiger partial charge in [0.15, 0.2) is 5.11 Å². The van der Waals surface area contributed by atoms with Gasteiger partial charge in [0, 0.05) is 20.1 Å². The summed E-state index contributed by atoms with van der Waals surface area (Å²) in [4.78, 5) is 2.02. The minimum atomic E-state index is 0.717. The van der Waals surface area contributed by atoms with Crippen LogP contribution in [0.1, 0.15) is 18.2 Å². The summed E-state index contributed by atoms with van der Waals surface area (Å²) in [5.74, 6) is 0. The summed E-state index contributed by atoms with van der Waals surface area (Å²) in [5.41, 5.74) is 2.34. The van der Waals surface area contributed by atoms with Crippen LogP contribution >= 0.6 is 28.1 Å². The van der Waals surface area contributed by atoms with E-state index < -0.39 is 0 Å². The molecule has 0 radical (unpaired) electrons. The smallest absolute Gasteiger partial charge is 0.169 e. The van der Waals surface area contributed by atoms with Crippen molar-refractivity contribution in [1.29, 1.82) is 0 Å². The number of hydrogen-bond acceptors (Lipinski definition) is 2. The van der Waals surface area contributed by atoms with Crippen LogP contribution in [0.15, 0.2) is 41.0 Å². The van der Waals surface area contributed by atoms with Crippen molar-refractivity contribution in [2.75, 3.05) is 7.05 Å². The zero-order valence-corrected chi connectivity index (χ0v) is 14.6.